The number of guanidine groups is 1. The molecule has 0 unspecified atom stereocenters. The van der Waals surface area contributed by atoms with E-state index in [0.29, 0.717) is 25.3 Å². The van der Waals surface area contributed by atoms with Gasteiger partial charge in [0.2, 0.25) is 17.7 Å². The lowest BCUT2D eigenvalue weighted by molar-refractivity contribution is -0.130. The molecule has 9 nitrogen and oxygen atoms in total. The molecule has 0 spiro atoms. The van der Waals surface area contributed by atoms with Gasteiger partial charge in [0.1, 0.15) is 12.1 Å². The zero-order chi connectivity index (χ0) is 28.0. The van der Waals surface area contributed by atoms with Gasteiger partial charge in [-0.2, -0.15) is 0 Å². The highest BCUT2D eigenvalue weighted by Crippen LogP contribution is 2.27. The fraction of sp³-hybridized carbons (Fsp3) is 0.400. The van der Waals surface area contributed by atoms with Crippen molar-refractivity contribution in [1.82, 2.24) is 10.6 Å². The maximum Gasteiger partial charge on any atom is 0.245 e. The van der Waals surface area contributed by atoms with Crippen molar-refractivity contribution < 1.29 is 14.4 Å². The Morgan fingerprint density at radius 1 is 0.846 bits per heavy atom. The van der Waals surface area contributed by atoms with Crippen molar-refractivity contribution in [2.45, 2.75) is 63.5 Å². The molecule has 1 aliphatic carbocycles. The van der Waals surface area contributed by atoms with Gasteiger partial charge in [-0.15, -0.1) is 0 Å². The van der Waals surface area contributed by atoms with Crippen LogP contribution in [0.4, 0.5) is 0 Å². The molecular weight excluding hydrogens is 492 g/mol. The maximum atomic E-state index is 13.3. The monoisotopic (exact) mass is 532 g/mol. The van der Waals surface area contributed by atoms with Crippen LogP contribution in [0.25, 0.3) is 5.57 Å². The van der Waals surface area contributed by atoms with Crippen molar-refractivity contribution >= 4 is 29.3 Å². The fourth-order valence-electron chi connectivity index (χ4n) is 4.96. The molecule has 3 amide bonds. The summed E-state index contributed by atoms with van der Waals surface area (Å²) < 4.78 is 0. The molecule has 8 N–H and O–H groups in total. The van der Waals surface area contributed by atoms with Crippen molar-refractivity contribution in [1.29, 1.82) is 0 Å². The van der Waals surface area contributed by atoms with Crippen LogP contribution in [-0.2, 0) is 14.4 Å². The molecule has 2 aromatic rings. The van der Waals surface area contributed by atoms with Crippen LogP contribution >= 0.6 is 0 Å². The summed E-state index contributed by atoms with van der Waals surface area (Å²) in [5.41, 5.74) is 19.0. The molecule has 2 atom stereocenters. The number of amides is 3. The average Bonchev–Trinajstić information content (AvgIpc) is 2.94. The van der Waals surface area contributed by atoms with Gasteiger partial charge in [0.05, 0.1) is 0 Å². The highest BCUT2D eigenvalue weighted by molar-refractivity contribution is 6.01. The van der Waals surface area contributed by atoms with Gasteiger partial charge >= 0.3 is 0 Å². The number of carbonyl (C=O) groups excluding carboxylic acids is 3. The number of nitrogens with two attached hydrogens (primary N) is 3. The first-order valence-electron chi connectivity index (χ1n) is 13.6. The Morgan fingerprint density at radius 3 is 1.97 bits per heavy atom. The molecule has 1 aliphatic rings. The van der Waals surface area contributed by atoms with Crippen molar-refractivity contribution in [3.8, 4) is 0 Å². The molecule has 0 saturated heterocycles. The van der Waals surface area contributed by atoms with Gasteiger partial charge in [-0.3, -0.25) is 19.4 Å². The van der Waals surface area contributed by atoms with Crippen molar-refractivity contribution in [3.63, 3.8) is 0 Å². The van der Waals surface area contributed by atoms with E-state index in [9.17, 15) is 14.4 Å². The molecule has 2 aromatic carbocycles. The van der Waals surface area contributed by atoms with Crippen LogP contribution < -0.4 is 27.8 Å². The number of benzene rings is 2. The summed E-state index contributed by atoms with van der Waals surface area (Å²) in [5, 5.41) is 5.63. The highest BCUT2D eigenvalue weighted by atomic mass is 16.2. The van der Waals surface area contributed by atoms with Gasteiger partial charge < -0.3 is 27.8 Å². The van der Waals surface area contributed by atoms with Crippen LogP contribution in [0, 0.1) is 5.92 Å². The van der Waals surface area contributed by atoms with Crippen LogP contribution in [-0.4, -0.2) is 42.3 Å². The second-order valence-electron chi connectivity index (χ2n) is 10.0. The van der Waals surface area contributed by atoms with Gasteiger partial charge in [0, 0.05) is 12.6 Å². The zero-order valence-electron chi connectivity index (χ0n) is 22.4. The number of hydrogen-bond donors (Lipinski definition) is 5. The Labute approximate surface area is 230 Å². The van der Waals surface area contributed by atoms with Gasteiger partial charge in [-0.1, -0.05) is 92.8 Å². The summed E-state index contributed by atoms with van der Waals surface area (Å²) in [6.07, 6.45) is 8.19. The minimum Gasteiger partial charge on any atom is -0.370 e. The lowest BCUT2D eigenvalue weighted by Gasteiger charge is -2.27. The normalized spacial score (nSPS) is 14.9. The van der Waals surface area contributed by atoms with Gasteiger partial charge in [0.15, 0.2) is 5.96 Å². The first kappa shape index (κ1) is 29.4. The number of primary amides is 1. The third kappa shape index (κ3) is 9.92. The lowest BCUT2D eigenvalue weighted by atomic mass is 9.84. The molecule has 1 saturated carbocycles. The summed E-state index contributed by atoms with van der Waals surface area (Å²) >= 11 is 0. The highest BCUT2D eigenvalue weighted by Gasteiger charge is 2.28. The van der Waals surface area contributed by atoms with Crippen molar-refractivity contribution in [3.05, 3.63) is 77.9 Å². The fourth-order valence-corrected chi connectivity index (χ4v) is 4.96. The van der Waals surface area contributed by atoms with E-state index in [1.165, 1.54) is 12.5 Å². The predicted octanol–water partition coefficient (Wildman–Crippen LogP) is 2.60. The summed E-state index contributed by atoms with van der Waals surface area (Å²) in [4.78, 5) is 42.8. The molecule has 9 heteroatoms. The number of rotatable bonds is 13. The molecule has 0 aromatic heterocycles. The molecule has 208 valence electrons. The van der Waals surface area contributed by atoms with Crippen LogP contribution in [0.2, 0.25) is 0 Å². The second kappa shape index (κ2) is 15.3. The molecule has 0 radical (unpaired) electrons. The first-order chi connectivity index (χ1) is 18.8. The summed E-state index contributed by atoms with van der Waals surface area (Å²) in [5.74, 6) is -1.16. The average molecular weight is 533 g/mol. The first-order valence-corrected chi connectivity index (χ1v) is 13.6. The standard InChI is InChI=1S/C30H40N6O3/c31-28(38)26(19-21-11-4-1-5-12-21)36-29(39)25(17-10-18-34-30(32)33)35-27(37)20-24(22-13-6-2-7-14-22)23-15-8-3-9-16-23/h2-3,6-9,13-16,20-21,25-26H,1,4-5,10-12,17-19H2,(H2,31,38)(H,35,37)(H,36,39)(H4,32,33,34)/t25-,26+/m1/s1. The number of nitrogens with one attached hydrogen (secondary N) is 2. The Bertz CT molecular complexity index is 1100. The topological polar surface area (TPSA) is 166 Å². The zero-order valence-corrected chi connectivity index (χ0v) is 22.4. The van der Waals surface area contributed by atoms with Gasteiger partial charge in [-0.25, -0.2) is 0 Å². The number of hydrogen-bond acceptors (Lipinski definition) is 4. The molecule has 0 aliphatic heterocycles. The van der Waals surface area contributed by atoms with Crippen molar-refractivity contribution in [2.24, 2.45) is 28.1 Å². The van der Waals surface area contributed by atoms with Crippen molar-refractivity contribution in [2.75, 3.05) is 6.54 Å². The predicted molar refractivity (Wildman–Crippen MR) is 154 cm³/mol. The van der Waals surface area contributed by atoms with E-state index in [1.807, 2.05) is 60.7 Å². The Hall–Kier alpha value is -4.14. The molecule has 39 heavy (non-hydrogen) atoms. The molecule has 0 bridgehead atoms. The maximum absolute atomic E-state index is 13.3. The lowest BCUT2D eigenvalue weighted by Crippen LogP contribution is -2.53. The number of nitrogens with zero attached hydrogens (tertiary/aromatic N) is 1. The quantitative estimate of drug-likeness (QED) is 0.116. The number of carbonyl (C=O) groups is 3. The number of aliphatic imine (C=N–C) groups is 1. The molecule has 3 rings (SSSR count). The van der Waals surface area contributed by atoms with E-state index in [0.717, 1.165) is 42.4 Å². The minimum atomic E-state index is -0.899. The summed E-state index contributed by atoms with van der Waals surface area (Å²) in [6, 6.07) is 17.4. The molecular formula is C30H40N6O3. The summed E-state index contributed by atoms with van der Waals surface area (Å²) in [6.45, 7) is 0.304. The minimum absolute atomic E-state index is 0.0420. The Balaban J connectivity index is 1.78. The molecule has 1 fully saturated rings. The van der Waals surface area contributed by atoms with E-state index in [-0.39, 0.29) is 12.4 Å². The third-order valence-electron chi connectivity index (χ3n) is 6.98. The van der Waals surface area contributed by atoms with E-state index in [2.05, 4.69) is 15.6 Å². The van der Waals surface area contributed by atoms with Crippen LogP contribution in [0.1, 0.15) is 62.5 Å². The van der Waals surface area contributed by atoms with E-state index >= 15 is 0 Å². The SMILES string of the molecule is NC(=O)[C@H](CC1CCCCC1)NC(=O)[C@@H](CCCN=C(N)N)NC(=O)C=C(c1ccccc1)c1ccccc1. The van der Waals surface area contributed by atoms with Crippen LogP contribution in [0.5, 0.6) is 0 Å². The van der Waals surface area contributed by atoms with Crippen LogP contribution in [0.15, 0.2) is 71.7 Å². The smallest absolute Gasteiger partial charge is 0.245 e. The molecule has 0 heterocycles. The van der Waals surface area contributed by atoms with E-state index in [1.54, 1.807) is 0 Å². The van der Waals surface area contributed by atoms with Gasteiger partial charge in [0.25, 0.3) is 0 Å². The van der Waals surface area contributed by atoms with E-state index < -0.39 is 29.8 Å². The van der Waals surface area contributed by atoms with Gasteiger partial charge in [-0.05, 0) is 41.9 Å². The summed E-state index contributed by atoms with van der Waals surface area (Å²) in [7, 11) is 0. The Morgan fingerprint density at radius 2 is 1.44 bits per heavy atom. The second-order valence-corrected chi connectivity index (χ2v) is 10.0. The Kier molecular flexibility index (Phi) is 11.6. The largest absolute Gasteiger partial charge is 0.370 e. The van der Waals surface area contributed by atoms with Crippen LogP contribution in [0.3, 0.4) is 0 Å². The third-order valence-corrected chi connectivity index (χ3v) is 6.98. The van der Waals surface area contributed by atoms with E-state index in [4.69, 9.17) is 17.2 Å².